The smallest absolute Gasteiger partial charge is 0.160 e. The number of hydrogen-bond acceptors (Lipinski definition) is 5. The molecule has 1 aliphatic heterocycles. The summed E-state index contributed by atoms with van der Waals surface area (Å²) in [6, 6.07) is 69.2. The Kier molecular flexibility index (Phi) is 8.29. The van der Waals surface area contributed by atoms with Crippen LogP contribution in [-0.4, -0.2) is 11.7 Å². The molecule has 1 atom stereocenters. The second kappa shape index (κ2) is 14.3. The van der Waals surface area contributed by atoms with Crippen molar-refractivity contribution in [1.29, 1.82) is 0 Å². The molecule has 1 unspecified atom stereocenters. The Morgan fingerprint density at radius 1 is 0.508 bits per heavy atom. The highest BCUT2D eigenvalue weighted by Gasteiger charge is 2.26. The summed E-state index contributed by atoms with van der Waals surface area (Å²) in [5.41, 5.74) is 12.9. The van der Waals surface area contributed by atoms with Gasteiger partial charge in [-0.25, -0.2) is 9.98 Å². The van der Waals surface area contributed by atoms with Gasteiger partial charge in [0.2, 0.25) is 0 Å². The van der Waals surface area contributed by atoms with Gasteiger partial charge in [0.1, 0.15) is 23.2 Å². The summed E-state index contributed by atoms with van der Waals surface area (Å²) in [6.45, 7) is 2.13. The average molecular weight is 800 g/mol. The Bertz CT molecular complexity index is 3580. The van der Waals surface area contributed by atoms with Crippen LogP contribution in [0.2, 0.25) is 0 Å². The molecule has 5 heteroatoms. The number of rotatable bonds is 6. The van der Waals surface area contributed by atoms with Crippen molar-refractivity contribution in [3.05, 3.63) is 216 Å². The monoisotopic (exact) mass is 799 g/mol. The predicted octanol–water partition coefficient (Wildman–Crippen LogP) is 14.9. The standard InChI is InChI=1S/C56H37N3OS/c1-34-12-9-16-38(30-34)40-28-29-47-48(32-40)60-49-33-41-15-5-6-19-43(41)52(51(47)49)56-58-54(37-13-3-2-4-14-37)57-55(59-56)42-18-10-17-39(31-42)35-24-26-36(27-25-35)44-21-11-22-46-45-20-7-8-23-50(45)61-53(44)46/h2-33,55H,1H3,(H,57,58,59). The maximum Gasteiger partial charge on any atom is 0.160 e. The van der Waals surface area contributed by atoms with Crippen LogP contribution in [0.25, 0.3) is 86.3 Å². The first kappa shape index (κ1) is 35.4. The van der Waals surface area contributed by atoms with Crippen LogP contribution >= 0.6 is 11.3 Å². The van der Waals surface area contributed by atoms with Crippen LogP contribution in [0.4, 0.5) is 0 Å². The number of nitrogens with one attached hydrogen (secondary N) is 1. The first-order valence-electron chi connectivity index (χ1n) is 20.7. The first-order chi connectivity index (χ1) is 30.1. The second-order valence-electron chi connectivity index (χ2n) is 15.8. The molecule has 0 fully saturated rings. The van der Waals surface area contributed by atoms with E-state index in [1.54, 1.807) is 0 Å². The highest BCUT2D eigenvalue weighted by atomic mass is 32.1. The molecule has 0 radical (unpaired) electrons. The normalized spacial score (nSPS) is 14.1. The van der Waals surface area contributed by atoms with E-state index in [4.69, 9.17) is 14.4 Å². The van der Waals surface area contributed by atoms with Crippen molar-refractivity contribution in [2.75, 3.05) is 0 Å². The lowest BCUT2D eigenvalue weighted by Gasteiger charge is -2.24. The van der Waals surface area contributed by atoms with E-state index in [1.165, 1.54) is 42.4 Å². The molecule has 3 heterocycles. The average Bonchev–Trinajstić information content (AvgIpc) is 3.89. The quantitative estimate of drug-likeness (QED) is 0.182. The van der Waals surface area contributed by atoms with Gasteiger partial charge in [-0.05, 0) is 87.0 Å². The predicted molar refractivity (Wildman–Crippen MR) is 257 cm³/mol. The van der Waals surface area contributed by atoms with Gasteiger partial charge in [0.25, 0.3) is 0 Å². The maximum absolute atomic E-state index is 6.72. The lowest BCUT2D eigenvalue weighted by molar-refractivity contribution is 0.669. The summed E-state index contributed by atoms with van der Waals surface area (Å²) < 4.78 is 9.37. The van der Waals surface area contributed by atoms with Crippen LogP contribution in [0.15, 0.2) is 209 Å². The summed E-state index contributed by atoms with van der Waals surface area (Å²) >= 11 is 1.87. The van der Waals surface area contributed by atoms with Gasteiger partial charge < -0.3 is 9.73 Å². The van der Waals surface area contributed by atoms with E-state index >= 15 is 0 Å². The maximum atomic E-state index is 6.72. The number of thiophene rings is 1. The fraction of sp³-hybridized carbons (Fsp3) is 0.0357. The molecule has 1 aliphatic rings. The topological polar surface area (TPSA) is 49.9 Å². The first-order valence-corrected chi connectivity index (χ1v) is 21.5. The van der Waals surface area contributed by atoms with Gasteiger partial charge in [-0.15, -0.1) is 11.3 Å². The SMILES string of the molecule is Cc1cccc(-c2ccc3c(c2)oc2cc4ccccc4c(C4=NC(c5cccc(-c6ccc(-c7cccc8c7sc7ccccc78)cc6)c5)NC(c5ccccc5)=N4)c23)c1. The van der Waals surface area contributed by atoms with Crippen LogP contribution < -0.4 is 5.32 Å². The van der Waals surface area contributed by atoms with Crippen LogP contribution in [0.5, 0.6) is 0 Å². The van der Waals surface area contributed by atoms with Crippen molar-refractivity contribution in [2.24, 2.45) is 9.98 Å². The van der Waals surface area contributed by atoms with Gasteiger partial charge in [0.15, 0.2) is 5.84 Å². The van der Waals surface area contributed by atoms with E-state index in [0.29, 0.717) is 5.84 Å². The van der Waals surface area contributed by atoms with Crippen LogP contribution in [0.1, 0.15) is 28.4 Å². The highest BCUT2D eigenvalue weighted by molar-refractivity contribution is 7.26. The third-order valence-corrected chi connectivity index (χ3v) is 13.2. The number of furan rings is 1. The number of nitrogens with zero attached hydrogens (tertiary/aromatic N) is 2. The Labute approximate surface area is 356 Å². The molecular weight excluding hydrogens is 763 g/mol. The van der Waals surface area contributed by atoms with E-state index in [-0.39, 0.29) is 0 Å². The summed E-state index contributed by atoms with van der Waals surface area (Å²) in [4.78, 5) is 10.8. The molecule has 288 valence electrons. The van der Waals surface area contributed by atoms with Gasteiger partial charge >= 0.3 is 0 Å². The molecule has 0 spiro atoms. The minimum absolute atomic E-state index is 0.396. The molecule has 0 aliphatic carbocycles. The van der Waals surface area contributed by atoms with Gasteiger partial charge in [0, 0.05) is 42.1 Å². The summed E-state index contributed by atoms with van der Waals surface area (Å²) in [6.07, 6.45) is -0.396. The Hall–Kier alpha value is -7.60. The Morgan fingerprint density at radius 2 is 1.20 bits per heavy atom. The van der Waals surface area contributed by atoms with E-state index < -0.39 is 6.17 Å². The number of amidine groups is 2. The largest absolute Gasteiger partial charge is 0.456 e. The molecule has 4 nitrogen and oxygen atoms in total. The summed E-state index contributed by atoms with van der Waals surface area (Å²) in [7, 11) is 0. The molecule has 11 aromatic rings. The van der Waals surface area contributed by atoms with Crippen molar-refractivity contribution in [3.8, 4) is 33.4 Å². The second-order valence-corrected chi connectivity index (χ2v) is 16.9. The number of aliphatic imine (C=N–C) groups is 2. The van der Waals surface area contributed by atoms with Crippen molar-refractivity contribution < 1.29 is 4.42 Å². The minimum Gasteiger partial charge on any atom is -0.456 e. The molecular formula is C56H37N3OS. The van der Waals surface area contributed by atoms with Crippen LogP contribution in [-0.2, 0) is 0 Å². The number of benzene rings is 9. The molecule has 0 bridgehead atoms. The molecule has 0 saturated heterocycles. The Balaban J connectivity index is 0.973. The van der Waals surface area contributed by atoms with Crippen molar-refractivity contribution in [3.63, 3.8) is 0 Å². The van der Waals surface area contributed by atoms with Gasteiger partial charge in [-0.2, -0.15) is 0 Å². The van der Waals surface area contributed by atoms with Crippen LogP contribution in [0.3, 0.4) is 0 Å². The van der Waals surface area contributed by atoms with Gasteiger partial charge in [-0.3, -0.25) is 0 Å². The molecule has 9 aromatic carbocycles. The fourth-order valence-corrected chi connectivity index (χ4v) is 10.3. The van der Waals surface area contributed by atoms with Crippen molar-refractivity contribution in [2.45, 2.75) is 13.1 Å². The molecule has 0 saturated carbocycles. The van der Waals surface area contributed by atoms with E-state index in [0.717, 1.165) is 71.9 Å². The van der Waals surface area contributed by atoms with E-state index in [9.17, 15) is 0 Å². The molecule has 1 N–H and O–H groups in total. The fourth-order valence-electron chi connectivity index (χ4n) is 9.02. The number of hydrogen-bond donors (Lipinski definition) is 1. The van der Waals surface area contributed by atoms with Crippen molar-refractivity contribution in [1.82, 2.24) is 5.32 Å². The van der Waals surface area contributed by atoms with E-state index in [2.05, 4.69) is 200 Å². The zero-order valence-electron chi connectivity index (χ0n) is 33.3. The minimum atomic E-state index is -0.396. The highest BCUT2D eigenvalue weighted by Crippen LogP contribution is 2.42. The van der Waals surface area contributed by atoms with Gasteiger partial charge in [-0.1, -0.05) is 169 Å². The molecule has 2 aromatic heterocycles. The van der Waals surface area contributed by atoms with Gasteiger partial charge in [0.05, 0.1) is 0 Å². The molecule has 61 heavy (non-hydrogen) atoms. The van der Waals surface area contributed by atoms with Crippen LogP contribution in [0, 0.1) is 6.92 Å². The third-order valence-electron chi connectivity index (χ3n) is 12.0. The molecule has 12 rings (SSSR count). The third kappa shape index (κ3) is 6.13. The molecule has 0 amide bonds. The zero-order chi connectivity index (χ0) is 40.4. The number of aryl methyl sites for hydroxylation is 1. The van der Waals surface area contributed by atoms with E-state index in [1.807, 2.05) is 17.4 Å². The summed E-state index contributed by atoms with van der Waals surface area (Å²) in [5.74, 6) is 1.44. The number of fused-ring (bicyclic) bond motifs is 7. The Morgan fingerprint density at radius 3 is 2.07 bits per heavy atom. The lowest BCUT2D eigenvalue weighted by Crippen LogP contribution is -2.33. The zero-order valence-corrected chi connectivity index (χ0v) is 34.1. The lowest BCUT2D eigenvalue weighted by atomic mass is 9.96. The van der Waals surface area contributed by atoms with Crippen molar-refractivity contribution >= 4 is 75.9 Å². The summed E-state index contributed by atoms with van der Waals surface area (Å²) in [5, 5.41) is 10.6.